The van der Waals surface area contributed by atoms with Gasteiger partial charge in [0.15, 0.2) is 0 Å². The minimum Gasteiger partial charge on any atom is -0.143 e. The van der Waals surface area contributed by atoms with E-state index in [4.69, 9.17) is 0 Å². The molecule has 0 atom stereocenters. The summed E-state index contributed by atoms with van der Waals surface area (Å²) >= 11 is 3.32. The summed E-state index contributed by atoms with van der Waals surface area (Å²) in [6.45, 7) is 16.0. The first-order valence-electron chi connectivity index (χ1n) is 5.62. The standard InChI is InChI=1S/C16H18S2/c1-6-12(2)9-10-13(3)14(4)18-15(5)16-8-7-11-17-16/h6-11H,1,4-5H2,2-3H3/b12-9+,13-10-. The third kappa shape index (κ3) is 4.55. The SMILES string of the molecule is C=C/C(C)=C/C=C(/C)C(=C)SC(=C)c1cccs1. The lowest BCUT2D eigenvalue weighted by Gasteiger charge is -2.06. The molecule has 18 heavy (non-hydrogen) atoms. The molecule has 1 aromatic heterocycles. The van der Waals surface area contributed by atoms with Gasteiger partial charge in [-0.25, -0.2) is 0 Å². The van der Waals surface area contributed by atoms with E-state index in [1.165, 1.54) is 4.88 Å². The highest BCUT2D eigenvalue weighted by Crippen LogP contribution is 2.36. The van der Waals surface area contributed by atoms with Crippen LogP contribution < -0.4 is 0 Å². The number of hydrogen-bond acceptors (Lipinski definition) is 2. The van der Waals surface area contributed by atoms with Crippen LogP contribution in [0.3, 0.4) is 0 Å². The Kier molecular flexibility index (Phi) is 5.96. The normalized spacial score (nSPS) is 12.3. The lowest BCUT2D eigenvalue weighted by molar-refractivity contribution is 1.47. The van der Waals surface area contributed by atoms with E-state index in [1.54, 1.807) is 23.1 Å². The van der Waals surface area contributed by atoms with Crippen molar-refractivity contribution in [1.29, 1.82) is 0 Å². The van der Waals surface area contributed by atoms with Crippen LogP contribution in [0.1, 0.15) is 18.7 Å². The molecule has 0 radical (unpaired) electrons. The molecular formula is C16H18S2. The molecule has 1 heterocycles. The zero-order valence-corrected chi connectivity index (χ0v) is 12.5. The van der Waals surface area contributed by atoms with Gasteiger partial charge in [-0.2, -0.15) is 0 Å². The topological polar surface area (TPSA) is 0 Å². The van der Waals surface area contributed by atoms with Gasteiger partial charge >= 0.3 is 0 Å². The highest BCUT2D eigenvalue weighted by molar-refractivity contribution is 8.12. The molecule has 0 aromatic carbocycles. The predicted molar refractivity (Wildman–Crippen MR) is 87.8 cm³/mol. The summed E-state index contributed by atoms with van der Waals surface area (Å²) in [5.41, 5.74) is 2.29. The molecule has 0 N–H and O–H groups in total. The number of rotatable bonds is 6. The van der Waals surface area contributed by atoms with Crippen LogP contribution in [0.15, 0.2) is 71.5 Å². The molecule has 2 heteroatoms. The van der Waals surface area contributed by atoms with Gasteiger partial charge in [0, 0.05) is 14.7 Å². The molecular weight excluding hydrogens is 256 g/mol. The summed E-state index contributed by atoms with van der Waals surface area (Å²) in [6.07, 6.45) is 5.94. The molecule has 1 rings (SSSR count). The maximum Gasteiger partial charge on any atom is 0.0403 e. The van der Waals surface area contributed by atoms with Gasteiger partial charge < -0.3 is 0 Å². The molecule has 0 fully saturated rings. The first kappa shape index (κ1) is 14.8. The monoisotopic (exact) mass is 274 g/mol. The fraction of sp³-hybridized carbons (Fsp3) is 0.125. The molecule has 0 aliphatic rings. The average Bonchev–Trinajstić information content (AvgIpc) is 2.89. The van der Waals surface area contributed by atoms with Gasteiger partial charge in [-0.05, 0) is 30.9 Å². The summed E-state index contributed by atoms with van der Waals surface area (Å²) in [4.78, 5) is 3.28. The van der Waals surface area contributed by atoms with Crippen molar-refractivity contribution < 1.29 is 0 Å². The molecule has 0 amide bonds. The minimum absolute atomic E-state index is 1.03. The van der Waals surface area contributed by atoms with Crippen molar-refractivity contribution >= 4 is 28.0 Å². The molecule has 0 unspecified atom stereocenters. The van der Waals surface area contributed by atoms with Gasteiger partial charge in [-0.15, -0.1) is 11.3 Å². The average molecular weight is 274 g/mol. The number of allylic oxidation sites excluding steroid dienone is 5. The van der Waals surface area contributed by atoms with E-state index in [9.17, 15) is 0 Å². The maximum absolute atomic E-state index is 4.09. The Morgan fingerprint density at radius 1 is 1.28 bits per heavy atom. The van der Waals surface area contributed by atoms with Crippen LogP contribution in [0.4, 0.5) is 0 Å². The maximum atomic E-state index is 4.09. The highest BCUT2D eigenvalue weighted by atomic mass is 32.2. The number of thioether (sulfide) groups is 1. The second-order valence-electron chi connectivity index (χ2n) is 3.89. The third-order valence-electron chi connectivity index (χ3n) is 2.40. The van der Waals surface area contributed by atoms with E-state index < -0.39 is 0 Å². The predicted octanol–water partition coefficient (Wildman–Crippen LogP) is 6.04. The van der Waals surface area contributed by atoms with Crippen molar-refractivity contribution in [2.24, 2.45) is 0 Å². The molecule has 0 nitrogen and oxygen atoms in total. The van der Waals surface area contributed by atoms with Crippen molar-refractivity contribution in [3.8, 4) is 0 Å². The van der Waals surface area contributed by atoms with Crippen molar-refractivity contribution in [3.63, 3.8) is 0 Å². The van der Waals surface area contributed by atoms with Crippen LogP contribution in [0.25, 0.3) is 4.91 Å². The Labute approximate surface area is 118 Å². The van der Waals surface area contributed by atoms with E-state index in [1.807, 2.05) is 25.1 Å². The van der Waals surface area contributed by atoms with Gasteiger partial charge in [0.1, 0.15) is 0 Å². The molecule has 0 aliphatic heterocycles. The lowest BCUT2D eigenvalue weighted by Crippen LogP contribution is -1.79. The van der Waals surface area contributed by atoms with Crippen molar-refractivity contribution in [3.05, 3.63) is 76.4 Å². The van der Waals surface area contributed by atoms with Crippen LogP contribution in [0, 0.1) is 0 Å². The molecule has 94 valence electrons. The van der Waals surface area contributed by atoms with E-state index in [-0.39, 0.29) is 0 Å². The van der Waals surface area contributed by atoms with E-state index in [2.05, 4.69) is 44.2 Å². The number of thiophene rings is 1. The van der Waals surface area contributed by atoms with Crippen LogP contribution in [0.5, 0.6) is 0 Å². The third-order valence-corrected chi connectivity index (χ3v) is 4.49. The van der Waals surface area contributed by atoms with Gasteiger partial charge in [-0.3, -0.25) is 0 Å². The summed E-state index contributed by atoms with van der Waals surface area (Å²) < 4.78 is 0. The minimum atomic E-state index is 1.03. The first-order chi connectivity index (χ1) is 8.54. The van der Waals surface area contributed by atoms with Crippen LogP contribution in [0.2, 0.25) is 0 Å². The van der Waals surface area contributed by atoms with Crippen LogP contribution >= 0.6 is 23.1 Å². The summed E-state index contributed by atoms with van der Waals surface area (Å²) in [6, 6.07) is 4.11. The molecule has 1 aromatic rings. The molecule has 0 bridgehead atoms. The zero-order chi connectivity index (χ0) is 13.5. The Hall–Kier alpha value is -1.25. The van der Waals surface area contributed by atoms with E-state index in [0.29, 0.717) is 0 Å². The van der Waals surface area contributed by atoms with Gasteiger partial charge in [0.2, 0.25) is 0 Å². The Morgan fingerprint density at radius 2 is 2.00 bits per heavy atom. The van der Waals surface area contributed by atoms with Crippen LogP contribution in [-0.4, -0.2) is 0 Å². The highest BCUT2D eigenvalue weighted by Gasteiger charge is 2.04. The van der Waals surface area contributed by atoms with Gasteiger partial charge in [0.25, 0.3) is 0 Å². The first-order valence-corrected chi connectivity index (χ1v) is 7.31. The summed E-state index contributed by atoms with van der Waals surface area (Å²) in [7, 11) is 0. The van der Waals surface area contributed by atoms with Crippen molar-refractivity contribution in [2.75, 3.05) is 0 Å². The Balaban J connectivity index is 2.66. The lowest BCUT2D eigenvalue weighted by atomic mass is 10.2. The smallest absolute Gasteiger partial charge is 0.0403 e. The van der Waals surface area contributed by atoms with Crippen molar-refractivity contribution in [1.82, 2.24) is 0 Å². The fourth-order valence-corrected chi connectivity index (χ4v) is 2.69. The van der Waals surface area contributed by atoms with Crippen molar-refractivity contribution in [2.45, 2.75) is 13.8 Å². The largest absolute Gasteiger partial charge is 0.143 e. The summed E-state index contributed by atoms with van der Waals surface area (Å²) in [5.74, 6) is 0. The van der Waals surface area contributed by atoms with E-state index >= 15 is 0 Å². The fourth-order valence-electron chi connectivity index (χ4n) is 1.13. The van der Waals surface area contributed by atoms with Gasteiger partial charge in [-0.1, -0.05) is 61.4 Å². The van der Waals surface area contributed by atoms with E-state index in [0.717, 1.165) is 21.0 Å². The molecule has 0 saturated carbocycles. The second kappa shape index (κ2) is 7.24. The van der Waals surface area contributed by atoms with Crippen LogP contribution in [-0.2, 0) is 0 Å². The number of hydrogen-bond donors (Lipinski definition) is 0. The zero-order valence-electron chi connectivity index (χ0n) is 10.9. The molecule has 0 aliphatic carbocycles. The Bertz CT molecular complexity index is 499. The quantitative estimate of drug-likeness (QED) is 0.569. The van der Waals surface area contributed by atoms with Gasteiger partial charge in [0.05, 0.1) is 0 Å². The molecule has 0 spiro atoms. The summed E-state index contributed by atoms with van der Waals surface area (Å²) in [5, 5.41) is 2.06. The second-order valence-corrected chi connectivity index (χ2v) is 6.03. The molecule has 0 saturated heterocycles. The Morgan fingerprint density at radius 3 is 2.56 bits per heavy atom.